The topological polar surface area (TPSA) is 60.8 Å². The van der Waals surface area contributed by atoms with E-state index in [1.165, 1.54) is 5.56 Å². The van der Waals surface area contributed by atoms with Crippen molar-refractivity contribution in [3.05, 3.63) is 35.9 Å². The minimum atomic E-state index is -0.815. The summed E-state index contributed by atoms with van der Waals surface area (Å²) in [6, 6.07) is 10.1. The van der Waals surface area contributed by atoms with E-state index in [1.807, 2.05) is 18.2 Å². The van der Waals surface area contributed by atoms with E-state index >= 15 is 0 Å². The highest BCUT2D eigenvalue weighted by Gasteiger charge is 2.31. The number of nitrogens with zero attached hydrogens (tertiary/aromatic N) is 1. The second kappa shape index (κ2) is 7.46. The van der Waals surface area contributed by atoms with E-state index in [1.54, 1.807) is 4.90 Å². The predicted molar refractivity (Wildman–Crippen MR) is 82.3 cm³/mol. The number of carboxylic acid groups (broad SMARTS) is 1. The lowest BCUT2D eigenvalue weighted by Gasteiger charge is -2.38. The monoisotopic (exact) mass is 291 g/mol. The number of benzene rings is 1. The summed E-state index contributed by atoms with van der Waals surface area (Å²) in [7, 11) is 0. The van der Waals surface area contributed by atoms with Crippen molar-refractivity contribution in [2.75, 3.05) is 13.2 Å². The zero-order valence-corrected chi connectivity index (χ0v) is 12.6. The second-order valence-electron chi connectivity index (χ2n) is 6.23. The molecule has 0 radical (unpaired) electrons. The molecule has 1 aliphatic heterocycles. The van der Waals surface area contributed by atoms with E-state index in [4.69, 9.17) is 0 Å². The summed E-state index contributed by atoms with van der Waals surface area (Å²) in [4.78, 5) is 13.0. The standard InChI is InChI=1S/C17H25NO3/c1-13(12-19)9-15-7-8-18(17(20)21)16(11-15)10-14-5-3-2-4-6-14/h2-6,13,15-16,19H,7-12H2,1H3,(H,20,21). The van der Waals surface area contributed by atoms with Gasteiger partial charge < -0.3 is 15.1 Å². The number of hydrogen-bond acceptors (Lipinski definition) is 2. The number of likely N-dealkylation sites (tertiary alicyclic amines) is 1. The number of piperidine rings is 1. The lowest BCUT2D eigenvalue weighted by molar-refractivity contribution is 0.0808. The van der Waals surface area contributed by atoms with Crippen LogP contribution < -0.4 is 0 Å². The minimum absolute atomic E-state index is 0.0505. The maximum Gasteiger partial charge on any atom is 0.407 e. The predicted octanol–water partition coefficient (Wildman–Crippen LogP) is 3.01. The number of amides is 1. The molecule has 1 heterocycles. The zero-order valence-electron chi connectivity index (χ0n) is 12.6. The molecule has 1 aliphatic rings. The minimum Gasteiger partial charge on any atom is -0.465 e. The normalized spacial score (nSPS) is 23.8. The first-order chi connectivity index (χ1) is 10.1. The van der Waals surface area contributed by atoms with Gasteiger partial charge in [-0.1, -0.05) is 37.3 Å². The van der Waals surface area contributed by atoms with Gasteiger partial charge in [-0.25, -0.2) is 4.79 Å². The Bertz CT molecular complexity index is 449. The molecule has 0 saturated carbocycles. The van der Waals surface area contributed by atoms with Crippen LogP contribution >= 0.6 is 0 Å². The first-order valence-corrected chi connectivity index (χ1v) is 7.74. The molecular formula is C17H25NO3. The van der Waals surface area contributed by atoms with E-state index in [0.29, 0.717) is 18.4 Å². The van der Waals surface area contributed by atoms with E-state index in [9.17, 15) is 15.0 Å². The fourth-order valence-electron chi connectivity index (χ4n) is 3.32. The van der Waals surface area contributed by atoms with E-state index in [0.717, 1.165) is 25.7 Å². The van der Waals surface area contributed by atoms with Crippen molar-refractivity contribution in [1.82, 2.24) is 4.90 Å². The van der Waals surface area contributed by atoms with Gasteiger partial charge in [0.1, 0.15) is 0 Å². The Balaban J connectivity index is 2.03. The quantitative estimate of drug-likeness (QED) is 0.876. The van der Waals surface area contributed by atoms with Crippen LogP contribution in [0.3, 0.4) is 0 Å². The number of aliphatic hydroxyl groups excluding tert-OH is 1. The van der Waals surface area contributed by atoms with Crippen LogP contribution in [0.1, 0.15) is 31.7 Å². The Hall–Kier alpha value is -1.55. The number of carbonyl (C=O) groups is 1. The molecule has 2 N–H and O–H groups in total. The van der Waals surface area contributed by atoms with Crippen LogP contribution in [0.15, 0.2) is 30.3 Å². The Morgan fingerprint density at radius 2 is 2.10 bits per heavy atom. The van der Waals surface area contributed by atoms with Crippen LogP contribution in [0.2, 0.25) is 0 Å². The molecule has 4 nitrogen and oxygen atoms in total. The average Bonchev–Trinajstić information content (AvgIpc) is 2.48. The second-order valence-corrected chi connectivity index (χ2v) is 6.23. The van der Waals surface area contributed by atoms with Gasteiger partial charge in [0.25, 0.3) is 0 Å². The zero-order chi connectivity index (χ0) is 15.2. The molecule has 3 atom stereocenters. The van der Waals surface area contributed by atoms with Gasteiger partial charge in [0.05, 0.1) is 0 Å². The van der Waals surface area contributed by atoms with Gasteiger partial charge in [0, 0.05) is 19.2 Å². The Labute approximate surface area is 126 Å². The fraction of sp³-hybridized carbons (Fsp3) is 0.588. The lowest BCUT2D eigenvalue weighted by Crippen LogP contribution is -2.46. The smallest absolute Gasteiger partial charge is 0.407 e. The van der Waals surface area contributed by atoms with Gasteiger partial charge in [0.2, 0.25) is 0 Å². The van der Waals surface area contributed by atoms with E-state index < -0.39 is 6.09 Å². The van der Waals surface area contributed by atoms with Gasteiger partial charge in [-0.05, 0) is 43.1 Å². The molecule has 0 aromatic heterocycles. The van der Waals surface area contributed by atoms with Crippen molar-refractivity contribution in [2.45, 2.75) is 38.6 Å². The number of rotatable bonds is 5. The molecule has 0 aliphatic carbocycles. The number of aliphatic hydroxyl groups is 1. The van der Waals surface area contributed by atoms with Crippen LogP contribution in [0, 0.1) is 11.8 Å². The summed E-state index contributed by atoms with van der Waals surface area (Å²) in [5, 5.41) is 18.6. The summed E-state index contributed by atoms with van der Waals surface area (Å²) >= 11 is 0. The maximum absolute atomic E-state index is 11.4. The molecule has 2 rings (SSSR count). The highest BCUT2D eigenvalue weighted by Crippen LogP contribution is 2.30. The lowest BCUT2D eigenvalue weighted by atomic mass is 9.83. The Morgan fingerprint density at radius 3 is 2.71 bits per heavy atom. The molecule has 0 bridgehead atoms. The van der Waals surface area contributed by atoms with Gasteiger partial charge >= 0.3 is 6.09 Å². The summed E-state index contributed by atoms with van der Waals surface area (Å²) in [6.07, 6.45) is 2.74. The summed E-state index contributed by atoms with van der Waals surface area (Å²) in [6.45, 7) is 2.87. The first-order valence-electron chi connectivity index (χ1n) is 7.74. The van der Waals surface area contributed by atoms with Crippen molar-refractivity contribution < 1.29 is 15.0 Å². The highest BCUT2D eigenvalue weighted by molar-refractivity contribution is 5.65. The Morgan fingerprint density at radius 1 is 1.38 bits per heavy atom. The molecule has 1 aromatic carbocycles. The molecule has 1 saturated heterocycles. The van der Waals surface area contributed by atoms with E-state index in [2.05, 4.69) is 19.1 Å². The van der Waals surface area contributed by atoms with Crippen molar-refractivity contribution in [3.8, 4) is 0 Å². The molecular weight excluding hydrogens is 266 g/mol. The third kappa shape index (κ3) is 4.46. The molecule has 4 heteroatoms. The van der Waals surface area contributed by atoms with Crippen molar-refractivity contribution in [3.63, 3.8) is 0 Å². The molecule has 1 aromatic rings. The molecule has 0 spiro atoms. The van der Waals surface area contributed by atoms with Crippen LogP contribution in [-0.4, -0.2) is 40.4 Å². The van der Waals surface area contributed by atoms with Gasteiger partial charge in [-0.2, -0.15) is 0 Å². The van der Waals surface area contributed by atoms with Gasteiger partial charge in [-0.3, -0.25) is 0 Å². The largest absolute Gasteiger partial charge is 0.465 e. The molecule has 3 unspecified atom stereocenters. The maximum atomic E-state index is 11.4. The highest BCUT2D eigenvalue weighted by atomic mass is 16.4. The average molecular weight is 291 g/mol. The molecule has 116 valence electrons. The SMILES string of the molecule is CC(CO)CC1CCN(C(=O)O)C(Cc2ccccc2)C1. The molecule has 21 heavy (non-hydrogen) atoms. The fourth-order valence-corrected chi connectivity index (χ4v) is 3.32. The van der Waals surface area contributed by atoms with Crippen LogP contribution in [0.4, 0.5) is 4.79 Å². The van der Waals surface area contributed by atoms with Gasteiger partial charge in [0.15, 0.2) is 0 Å². The van der Waals surface area contributed by atoms with Crippen LogP contribution in [-0.2, 0) is 6.42 Å². The van der Waals surface area contributed by atoms with Crippen molar-refractivity contribution in [1.29, 1.82) is 0 Å². The Kier molecular flexibility index (Phi) is 5.62. The number of hydrogen-bond donors (Lipinski definition) is 2. The molecule has 1 amide bonds. The van der Waals surface area contributed by atoms with Crippen LogP contribution in [0.5, 0.6) is 0 Å². The summed E-state index contributed by atoms with van der Waals surface area (Å²) < 4.78 is 0. The first kappa shape index (κ1) is 15.8. The van der Waals surface area contributed by atoms with Crippen molar-refractivity contribution >= 4 is 6.09 Å². The van der Waals surface area contributed by atoms with Crippen LogP contribution in [0.25, 0.3) is 0 Å². The third-order valence-electron chi connectivity index (χ3n) is 4.43. The third-order valence-corrected chi connectivity index (χ3v) is 4.43. The van der Waals surface area contributed by atoms with Gasteiger partial charge in [-0.15, -0.1) is 0 Å². The summed E-state index contributed by atoms with van der Waals surface area (Å²) in [5.41, 5.74) is 1.18. The summed E-state index contributed by atoms with van der Waals surface area (Å²) in [5.74, 6) is 0.806. The molecule has 1 fully saturated rings. The van der Waals surface area contributed by atoms with Crippen molar-refractivity contribution in [2.24, 2.45) is 11.8 Å². The van der Waals surface area contributed by atoms with E-state index in [-0.39, 0.29) is 12.6 Å².